The van der Waals surface area contributed by atoms with Gasteiger partial charge in [-0.2, -0.15) is 0 Å². The molecular weight excluding hydrogens is 719 g/mol. The van der Waals surface area contributed by atoms with Crippen LogP contribution in [0, 0.1) is 0 Å². The lowest BCUT2D eigenvalue weighted by Crippen LogP contribution is -2.01. The maximum atomic E-state index is 6.61. The van der Waals surface area contributed by atoms with E-state index in [1.165, 1.54) is 43.6 Å². The number of allylic oxidation sites excluding steroid dienone is 1. The van der Waals surface area contributed by atoms with Crippen molar-refractivity contribution >= 4 is 59.6 Å². The normalized spacial score (nSPS) is 12.7. The second kappa shape index (κ2) is 13.5. The largest absolute Gasteiger partial charge is 0.460 e. The summed E-state index contributed by atoms with van der Waals surface area (Å²) in [5, 5.41) is 10.6. The van der Waals surface area contributed by atoms with Crippen LogP contribution in [0.3, 0.4) is 0 Å². The summed E-state index contributed by atoms with van der Waals surface area (Å²) < 4.78 is 6.61. The van der Waals surface area contributed by atoms with Crippen molar-refractivity contribution < 1.29 is 4.42 Å². The molecule has 0 fully saturated rings. The minimum atomic E-state index is 0.634. The van der Waals surface area contributed by atoms with E-state index in [1.54, 1.807) is 0 Å². The van der Waals surface area contributed by atoms with Gasteiger partial charge in [-0.15, -0.1) is 0 Å². The molecule has 4 heteroatoms. The monoisotopic (exact) mass is 753 g/mol. The molecule has 59 heavy (non-hydrogen) atoms. The van der Waals surface area contributed by atoms with Gasteiger partial charge in [0.2, 0.25) is 0 Å². The minimum Gasteiger partial charge on any atom is -0.460 e. The summed E-state index contributed by atoms with van der Waals surface area (Å²) in [5.74, 6) is 2.97. The van der Waals surface area contributed by atoms with Crippen LogP contribution in [0.5, 0.6) is 0 Å². The van der Waals surface area contributed by atoms with Gasteiger partial charge in [0.15, 0.2) is 17.5 Å². The molecule has 9 aromatic carbocycles. The quantitative estimate of drug-likeness (QED) is 0.164. The van der Waals surface area contributed by atoms with Gasteiger partial charge in [0, 0.05) is 34.1 Å². The zero-order valence-corrected chi connectivity index (χ0v) is 32.1. The van der Waals surface area contributed by atoms with Crippen molar-refractivity contribution in [3.63, 3.8) is 0 Å². The number of aromatic nitrogens is 3. The highest BCUT2D eigenvalue weighted by Crippen LogP contribution is 2.41. The lowest BCUT2D eigenvalue weighted by molar-refractivity contribution is 0.545. The van der Waals surface area contributed by atoms with Gasteiger partial charge in [0.25, 0.3) is 0 Å². The van der Waals surface area contributed by atoms with E-state index in [1.807, 2.05) is 0 Å². The number of fused-ring (bicyclic) bond motifs is 8. The summed E-state index contributed by atoms with van der Waals surface area (Å²) in [6, 6.07) is 64.6. The fraction of sp³-hybridized carbons (Fsp3) is 0.0364. The van der Waals surface area contributed by atoms with Gasteiger partial charge >= 0.3 is 0 Å². The number of aryl methyl sites for hydroxylation is 1. The highest BCUT2D eigenvalue weighted by molar-refractivity contribution is 6.13. The third kappa shape index (κ3) is 5.72. The maximum Gasteiger partial charge on any atom is 0.164 e. The molecule has 11 aromatic rings. The molecule has 2 heterocycles. The molecule has 0 spiro atoms. The van der Waals surface area contributed by atoms with Crippen LogP contribution < -0.4 is 0 Å². The number of furan rings is 1. The molecule has 0 radical (unpaired) electrons. The van der Waals surface area contributed by atoms with E-state index in [0.717, 1.165) is 73.5 Å². The number of hydrogen-bond acceptors (Lipinski definition) is 4. The van der Waals surface area contributed by atoms with E-state index in [4.69, 9.17) is 19.4 Å². The van der Waals surface area contributed by atoms with Crippen molar-refractivity contribution in [1.82, 2.24) is 15.0 Å². The van der Waals surface area contributed by atoms with Crippen molar-refractivity contribution in [2.75, 3.05) is 0 Å². The first-order chi connectivity index (χ1) is 29.2. The van der Waals surface area contributed by atoms with Crippen LogP contribution in [0.25, 0.3) is 105 Å². The molecule has 0 saturated heterocycles. The summed E-state index contributed by atoms with van der Waals surface area (Å²) in [5.41, 5.74) is 9.65. The SMILES string of the molecule is C1=C(c2ccc(-c3nc(-c4ccc5ccccc5c4)nc(-c4cc5ccccc5c5ccccc45)n3)cc2)c2c(oc3cc(-c4ccc5ccccc5c4)ccc23)CC1. The first-order valence-electron chi connectivity index (χ1n) is 20.2. The molecule has 0 N–H and O–H groups in total. The number of rotatable bonds is 5. The predicted molar refractivity (Wildman–Crippen MR) is 243 cm³/mol. The molecule has 1 aliphatic carbocycles. The van der Waals surface area contributed by atoms with E-state index in [0.29, 0.717) is 17.5 Å². The molecule has 0 bridgehead atoms. The van der Waals surface area contributed by atoms with E-state index in [-0.39, 0.29) is 0 Å². The molecular formula is C55H35N3O. The Morgan fingerprint density at radius 1 is 0.373 bits per heavy atom. The van der Waals surface area contributed by atoms with Gasteiger partial charge in [-0.3, -0.25) is 0 Å². The van der Waals surface area contributed by atoms with Crippen LogP contribution >= 0.6 is 0 Å². The van der Waals surface area contributed by atoms with Gasteiger partial charge in [-0.05, 0) is 102 Å². The summed E-state index contributed by atoms with van der Waals surface area (Å²) in [6.07, 6.45) is 4.16. The van der Waals surface area contributed by atoms with Gasteiger partial charge in [-0.1, -0.05) is 158 Å². The fourth-order valence-corrected chi connectivity index (χ4v) is 9.00. The van der Waals surface area contributed by atoms with E-state index in [2.05, 4.69) is 188 Å². The Morgan fingerprint density at radius 2 is 0.915 bits per heavy atom. The van der Waals surface area contributed by atoms with Gasteiger partial charge < -0.3 is 4.42 Å². The van der Waals surface area contributed by atoms with Crippen molar-refractivity contribution in [3.8, 4) is 45.3 Å². The average Bonchev–Trinajstić information content (AvgIpc) is 3.69. The topological polar surface area (TPSA) is 51.8 Å². The first kappa shape index (κ1) is 33.4. The smallest absolute Gasteiger partial charge is 0.164 e. The molecule has 0 atom stereocenters. The van der Waals surface area contributed by atoms with Crippen molar-refractivity contribution in [1.29, 1.82) is 0 Å². The van der Waals surface area contributed by atoms with Crippen LogP contribution in [-0.4, -0.2) is 15.0 Å². The molecule has 0 unspecified atom stereocenters. The van der Waals surface area contributed by atoms with E-state index >= 15 is 0 Å². The summed E-state index contributed by atoms with van der Waals surface area (Å²) >= 11 is 0. The lowest BCUT2D eigenvalue weighted by atomic mass is 9.88. The van der Waals surface area contributed by atoms with Crippen LogP contribution in [0.1, 0.15) is 23.3 Å². The van der Waals surface area contributed by atoms with Crippen molar-refractivity contribution in [2.24, 2.45) is 0 Å². The zero-order valence-electron chi connectivity index (χ0n) is 32.1. The summed E-state index contributed by atoms with van der Waals surface area (Å²) in [4.78, 5) is 15.6. The highest BCUT2D eigenvalue weighted by Gasteiger charge is 2.23. The van der Waals surface area contributed by atoms with Crippen LogP contribution in [-0.2, 0) is 6.42 Å². The number of hydrogen-bond donors (Lipinski definition) is 0. The fourth-order valence-electron chi connectivity index (χ4n) is 9.00. The maximum absolute atomic E-state index is 6.61. The van der Waals surface area contributed by atoms with E-state index in [9.17, 15) is 0 Å². The molecule has 276 valence electrons. The molecule has 0 amide bonds. The molecule has 0 saturated carbocycles. The molecule has 2 aromatic heterocycles. The number of nitrogens with zero attached hydrogens (tertiary/aromatic N) is 3. The Bertz CT molecular complexity index is 3500. The third-order valence-electron chi connectivity index (χ3n) is 11.9. The Kier molecular flexibility index (Phi) is 7.63. The average molecular weight is 754 g/mol. The summed E-state index contributed by atoms with van der Waals surface area (Å²) in [6.45, 7) is 0. The van der Waals surface area contributed by atoms with Crippen LogP contribution in [0.2, 0.25) is 0 Å². The Balaban J connectivity index is 0.953. The van der Waals surface area contributed by atoms with Gasteiger partial charge in [0.05, 0.1) is 0 Å². The van der Waals surface area contributed by atoms with Crippen LogP contribution in [0.15, 0.2) is 192 Å². The first-order valence-corrected chi connectivity index (χ1v) is 20.2. The van der Waals surface area contributed by atoms with Gasteiger partial charge in [0.1, 0.15) is 11.3 Å². The highest BCUT2D eigenvalue weighted by atomic mass is 16.3. The lowest BCUT2D eigenvalue weighted by Gasteiger charge is -2.15. The second-order valence-electron chi connectivity index (χ2n) is 15.5. The van der Waals surface area contributed by atoms with Crippen molar-refractivity contribution in [3.05, 3.63) is 205 Å². The van der Waals surface area contributed by atoms with Crippen molar-refractivity contribution in [2.45, 2.75) is 12.8 Å². The molecule has 0 aliphatic heterocycles. The standard InChI is InChI=1S/C55H35N3O/c1-3-12-38-30-40(26-20-34(38)10-1)41-28-29-48-51(33-41)59-50-19-9-18-45(52(48)50)36-22-24-37(25-23-36)53-56-54(43-27-21-35-11-2-4-13-39(35)31-43)58-55(57-53)49-32-42-14-5-6-15-44(42)46-16-7-8-17-47(46)49/h1-8,10-18,20-33H,9,19H2. The predicted octanol–water partition coefficient (Wildman–Crippen LogP) is 14.3. The van der Waals surface area contributed by atoms with Gasteiger partial charge in [-0.25, -0.2) is 15.0 Å². The molecule has 12 rings (SSSR count). The minimum absolute atomic E-state index is 0.634. The van der Waals surface area contributed by atoms with Crippen LogP contribution in [0.4, 0.5) is 0 Å². The zero-order chi connectivity index (χ0) is 38.9. The second-order valence-corrected chi connectivity index (χ2v) is 15.5. The molecule has 4 nitrogen and oxygen atoms in total. The Morgan fingerprint density at radius 3 is 1.68 bits per heavy atom. The third-order valence-corrected chi connectivity index (χ3v) is 11.9. The van der Waals surface area contributed by atoms with E-state index < -0.39 is 0 Å². The summed E-state index contributed by atoms with van der Waals surface area (Å²) in [7, 11) is 0. The Hall–Kier alpha value is -7.69. The Labute approximate surface area is 340 Å². The number of benzene rings is 9. The molecule has 1 aliphatic rings.